The molecule has 3 atom stereocenters. The van der Waals surface area contributed by atoms with Crippen molar-refractivity contribution in [1.82, 2.24) is 9.55 Å². The van der Waals surface area contributed by atoms with Gasteiger partial charge >= 0.3 is 6.09 Å². The average molecular weight is 250 g/mol. The summed E-state index contributed by atoms with van der Waals surface area (Å²) in [7, 11) is 0. The van der Waals surface area contributed by atoms with E-state index in [2.05, 4.69) is 25.8 Å². The van der Waals surface area contributed by atoms with Crippen LogP contribution in [0.3, 0.4) is 0 Å². The number of nitrogens with zero attached hydrogens (tertiary/aromatic N) is 2. The van der Waals surface area contributed by atoms with Crippen molar-refractivity contribution in [2.75, 3.05) is 0 Å². The van der Waals surface area contributed by atoms with Crippen LogP contribution in [-0.2, 0) is 4.74 Å². The summed E-state index contributed by atoms with van der Waals surface area (Å²) in [6, 6.07) is 0. The lowest BCUT2D eigenvalue weighted by Gasteiger charge is -2.36. The predicted molar refractivity (Wildman–Crippen MR) is 69.2 cm³/mol. The molecule has 2 rings (SSSR count). The van der Waals surface area contributed by atoms with Gasteiger partial charge in [-0.3, -0.25) is 0 Å². The molecular weight excluding hydrogens is 228 g/mol. The van der Waals surface area contributed by atoms with Crippen LogP contribution in [-0.4, -0.2) is 21.7 Å². The minimum atomic E-state index is -0.308. The van der Waals surface area contributed by atoms with Crippen LogP contribution < -0.4 is 0 Å². The van der Waals surface area contributed by atoms with Gasteiger partial charge < -0.3 is 4.74 Å². The second kappa shape index (κ2) is 5.55. The summed E-state index contributed by atoms with van der Waals surface area (Å²) in [5, 5.41) is 0. The number of carbonyl (C=O) groups excluding carboxylic acids is 1. The van der Waals surface area contributed by atoms with E-state index in [9.17, 15) is 4.79 Å². The number of imidazole rings is 1. The Bertz CT molecular complexity index is 387. The van der Waals surface area contributed by atoms with Crippen molar-refractivity contribution in [3.8, 4) is 0 Å². The zero-order valence-electron chi connectivity index (χ0n) is 11.4. The van der Waals surface area contributed by atoms with Gasteiger partial charge in [0.15, 0.2) is 0 Å². The van der Waals surface area contributed by atoms with Crippen LogP contribution in [0.4, 0.5) is 4.79 Å². The first-order chi connectivity index (χ1) is 8.58. The highest BCUT2D eigenvalue weighted by atomic mass is 16.6. The van der Waals surface area contributed by atoms with E-state index < -0.39 is 0 Å². The molecular formula is C14H22N2O2. The molecule has 1 saturated carbocycles. The van der Waals surface area contributed by atoms with E-state index >= 15 is 0 Å². The molecule has 1 fully saturated rings. The smallest absolute Gasteiger partial charge is 0.419 e. The monoisotopic (exact) mass is 250 g/mol. The van der Waals surface area contributed by atoms with Crippen LogP contribution in [0.15, 0.2) is 18.7 Å². The summed E-state index contributed by atoms with van der Waals surface area (Å²) in [4.78, 5) is 15.8. The van der Waals surface area contributed by atoms with Gasteiger partial charge in [-0.15, -0.1) is 0 Å². The van der Waals surface area contributed by atoms with E-state index in [1.807, 2.05) is 0 Å². The van der Waals surface area contributed by atoms with Crippen molar-refractivity contribution in [1.29, 1.82) is 0 Å². The molecule has 100 valence electrons. The lowest BCUT2D eigenvalue weighted by atomic mass is 9.75. The van der Waals surface area contributed by atoms with Crippen LogP contribution in [0, 0.1) is 17.8 Å². The quantitative estimate of drug-likeness (QED) is 0.808. The Morgan fingerprint density at radius 1 is 1.44 bits per heavy atom. The van der Waals surface area contributed by atoms with Crippen LogP contribution in [0.5, 0.6) is 0 Å². The Hall–Kier alpha value is -1.32. The Balaban J connectivity index is 2.00. The first kappa shape index (κ1) is 13.1. The van der Waals surface area contributed by atoms with Crippen molar-refractivity contribution < 1.29 is 9.53 Å². The molecule has 0 saturated heterocycles. The van der Waals surface area contributed by atoms with Crippen molar-refractivity contribution >= 4 is 6.09 Å². The number of rotatable bonds is 2. The van der Waals surface area contributed by atoms with Gasteiger partial charge in [-0.25, -0.2) is 14.3 Å². The Labute approximate surface area is 108 Å². The molecule has 1 aromatic heterocycles. The maximum Gasteiger partial charge on any atom is 0.419 e. The molecule has 0 bridgehead atoms. The zero-order chi connectivity index (χ0) is 13.1. The van der Waals surface area contributed by atoms with E-state index in [0.29, 0.717) is 11.8 Å². The minimum absolute atomic E-state index is 0.0519. The SMILES string of the molecule is CC(C)[C@@H]1C[C@@H](C)CC[C@H]1OC(=O)n1ccnc1. The molecule has 0 aromatic carbocycles. The standard InChI is InChI=1S/C14H22N2O2/c1-10(2)12-8-11(3)4-5-13(12)18-14(17)16-7-6-15-9-16/h6-7,9-13H,4-5,8H2,1-3H3/t11-,12-,13+/m0/s1. The van der Waals surface area contributed by atoms with Gasteiger partial charge in [-0.1, -0.05) is 20.8 Å². The third-order valence-electron chi connectivity index (χ3n) is 3.92. The van der Waals surface area contributed by atoms with Crippen LogP contribution in [0.2, 0.25) is 0 Å². The van der Waals surface area contributed by atoms with Crippen molar-refractivity contribution in [3.05, 3.63) is 18.7 Å². The van der Waals surface area contributed by atoms with Gasteiger partial charge in [0.05, 0.1) is 0 Å². The molecule has 1 aromatic rings. The van der Waals surface area contributed by atoms with Gasteiger partial charge in [-0.05, 0) is 37.0 Å². The van der Waals surface area contributed by atoms with Gasteiger partial charge in [0.1, 0.15) is 12.4 Å². The fourth-order valence-electron chi connectivity index (χ4n) is 2.80. The fraction of sp³-hybridized carbons (Fsp3) is 0.714. The second-order valence-corrected chi connectivity index (χ2v) is 5.72. The molecule has 0 unspecified atom stereocenters. The number of hydrogen-bond acceptors (Lipinski definition) is 3. The van der Waals surface area contributed by atoms with E-state index in [4.69, 9.17) is 4.74 Å². The minimum Gasteiger partial charge on any atom is -0.445 e. The summed E-state index contributed by atoms with van der Waals surface area (Å²) < 4.78 is 7.04. The van der Waals surface area contributed by atoms with E-state index in [1.165, 1.54) is 10.9 Å². The molecule has 0 N–H and O–H groups in total. The molecule has 0 radical (unpaired) electrons. The first-order valence-electron chi connectivity index (χ1n) is 6.77. The highest BCUT2D eigenvalue weighted by Gasteiger charge is 2.33. The maximum absolute atomic E-state index is 11.9. The summed E-state index contributed by atoms with van der Waals surface area (Å²) in [5.41, 5.74) is 0. The van der Waals surface area contributed by atoms with Gasteiger partial charge in [0.25, 0.3) is 0 Å². The van der Waals surface area contributed by atoms with Gasteiger partial charge in [0.2, 0.25) is 0 Å². The maximum atomic E-state index is 11.9. The summed E-state index contributed by atoms with van der Waals surface area (Å²) in [6.45, 7) is 6.70. The largest absolute Gasteiger partial charge is 0.445 e. The zero-order valence-corrected chi connectivity index (χ0v) is 11.4. The van der Waals surface area contributed by atoms with E-state index in [0.717, 1.165) is 25.2 Å². The molecule has 1 aliphatic carbocycles. The summed E-state index contributed by atoms with van der Waals surface area (Å²) >= 11 is 0. The third-order valence-corrected chi connectivity index (χ3v) is 3.92. The van der Waals surface area contributed by atoms with Crippen LogP contribution in [0.25, 0.3) is 0 Å². The van der Waals surface area contributed by atoms with Crippen molar-refractivity contribution in [3.63, 3.8) is 0 Å². The highest BCUT2D eigenvalue weighted by molar-refractivity contribution is 5.70. The summed E-state index contributed by atoms with van der Waals surface area (Å²) in [5.74, 6) is 1.76. The van der Waals surface area contributed by atoms with Crippen LogP contribution in [0.1, 0.15) is 40.0 Å². The molecule has 4 nitrogen and oxygen atoms in total. The molecule has 4 heteroatoms. The number of aromatic nitrogens is 2. The lowest BCUT2D eigenvalue weighted by molar-refractivity contribution is 0.00832. The topological polar surface area (TPSA) is 44.1 Å². The number of hydrogen-bond donors (Lipinski definition) is 0. The van der Waals surface area contributed by atoms with Crippen molar-refractivity contribution in [2.24, 2.45) is 17.8 Å². The highest BCUT2D eigenvalue weighted by Crippen LogP contribution is 2.35. The average Bonchev–Trinajstić information content (AvgIpc) is 2.84. The Kier molecular flexibility index (Phi) is 4.04. The van der Waals surface area contributed by atoms with E-state index in [1.54, 1.807) is 12.4 Å². The predicted octanol–water partition coefficient (Wildman–Crippen LogP) is 3.33. The first-order valence-corrected chi connectivity index (χ1v) is 6.77. The second-order valence-electron chi connectivity index (χ2n) is 5.72. The Morgan fingerprint density at radius 2 is 2.22 bits per heavy atom. The molecule has 1 aliphatic rings. The van der Waals surface area contributed by atoms with E-state index in [-0.39, 0.29) is 12.2 Å². The molecule has 0 spiro atoms. The molecule has 0 amide bonds. The summed E-state index contributed by atoms with van der Waals surface area (Å²) in [6.07, 6.45) is 7.71. The molecule has 0 aliphatic heterocycles. The molecule has 1 heterocycles. The third kappa shape index (κ3) is 2.92. The van der Waals surface area contributed by atoms with Crippen LogP contribution >= 0.6 is 0 Å². The number of carbonyl (C=O) groups is 1. The fourth-order valence-corrected chi connectivity index (χ4v) is 2.80. The lowest BCUT2D eigenvalue weighted by Crippen LogP contribution is -2.36. The normalized spacial score (nSPS) is 28.3. The molecule has 18 heavy (non-hydrogen) atoms. The number of ether oxygens (including phenoxy) is 1. The Morgan fingerprint density at radius 3 is 2.83 bits per heavy atom. The van der Waals surface area contributed by atoms with Gasteiger partial charge in [0, 0.05) is 12.4 Å². The van der Waals surface area contributed by atoms with Crippen molar-refractivity contribution in [2.45, 2.75) is 46.1 Å². The van der Waals surface area contributed by atoms with Gasteiger partial charge in [-0.2, -0.15) is 0 Å².